The fraction of sp³-hybridized carbons (Fsp3) is 0.0667. The van der Waals surface area contributed by atoms with Crippen LogP contribution in [-0.4, -0.2) is 0 Å². The summed E-state index contributed by atoms with van der Waals surface area (Å²) in [5, 5.41) is 0. The highest BCUT2D eigenvalue weighted by atomic mass is 16.5. The Kier molecular flexibility index (Phi) is 5.89. The second-order valence-corrected chi connectivity index (χ2v) is 13.4. The quantitative estimate of drug-likeness (QED) is 0.193. The number of para-hydroxylation sites is 3. The second kappa shape index (κ2) is 10.4. The van der Waals surface area contributed by atoms with Crippen LogP contribution in [0.3, 0.4) is 0 Å². The summed E-state index contributed by atoms with van der Waals surface area (Å²) in [5.41, 5.74) is 13.4. The van der Waals surface area contributed by atoms with Crippen LogP contribution >= 0.6 is 0 Å². The van der Waals surface area contributed by atoms with Crippen LogP contribution in [0, 0.1) is 0 Å². The molecule has 0 bridgehead atoms. The molecule has 0 saturated carbocycles. The summed E-state index contributed by atoms with van der Waals surface area (Å²) in [7, 11) is 0. The Morgan fingerprint density at radius 1 is 0.449 bits per heavy atom. The first kappa shape index (κ1) is 27.8. The molecule has 2 heterocycles. The zero-order valence-corrected chi connectivity index (χ0v) is 27.2. The molecular formula is C45H32N2O2. The van der Waals surface area contributed by atoms with Crippen LogP contribution in [0.2, 0.25) is 0 Å². The molecule has 7 aromatic rings. The van der Waals surface area contributed by atoms with Crippen LogP contribution in [0.5, 0.6) is 23.0 Å². The van der Waals surface area contributed by atoms with Crippen LogP contribution in [0.1, 0.15) is 25.0 Å². The normalized spacial score (nSPS) is 14.0. The molecule has 0 atom stereocenters. The average Bonchev–Trinajstić information content (AvgIpc) is 3.36. The first-order valence-corrected chi connectivity index (χ1v) is 16.8. The lowest BCUT2D eigenvalue weighted by Gasteiger charge is -2.38. The second-order valence-electron chi connectivity index (χ2n) is 13.4. The number of benzene rings is 7. The van der Waals surface area contributed by atoms with E-state index < -0.39 is 0 Å². The van der Waals surface area contributed by atoms with Gasteiger partial charge < -0.3 is 14.4 Å². The van der Waals surface area contributed by atoms with Crippen molar-refractivity contribution in [1.82, 2.24) is 0 Å². The zero-order chi connectivity index (χ0) is 32.7. The summed E-state index contributed by atoms with van der Waals surface area (Å²) in [6.45, 7) is 4.68. The maximum atomic E-state index is 6.69. The largest absolute Gasteiger partial charge is 0.453 e. The van der Waals surface area contributed by atoms with Gasteiger partial charge in [-0.05, 0) is 106 Å². The first-order valence-electron chi connectivity index (χ1n) is 16.8. The van der Waals surface area contributed by atoms with Gasteiger partial charge in [-0.1, -0.05) is 98.8 Å². The van der Waals surface area contributed by atoms with Gasteiger partial charge in [0.05, 0.1) is 11.4 Å². The van der Waals surface area contributed by atoms with Crippen molar-refractivity contribution in [3.63, 3.8) is 0 Å². The molecule has 1 aliphatic carbocycles. The first-order chi connectivity index (χ1) is 24.0. The molecule has 234 valence electrons. The molecular weight excluding hydrogens is 601 g/mol. The van der Waals surface area contributed by atoms with Gasteiger partial charge in [0.2, 0.25) is 0 Å². The summed E-state index contributed by atoms with van der Waals surface area (Å²) >= 11 is 0. The highest BCUT2D eigenvalue weighted by Crippen LogP contribution is 2.62. The number of fused-ring (bicyclic) bond motifs is 7. The third-order valence-electron chi connectivity index (χ3n) is 10.2. The van der Waals surface area contributed by atoms with Gasteiger partial charge in [-0.2, -0.15) is 0 Å². The van der Waals surface area contributed by atoms with E-state index in [9.17, 15) is 0 Å². The lowest BCUT2D eigenvalue weighted by Crippen LogP contribution is -2.22. The molecule has 0 fully saturated rings. The lowest BCUT2D eigenvalue weighted by molar-refractivity contribution is 0.446. The van der Waals surface area contributed by atoms with Crippen molar-refractivity contribution in [2.75, 3.05) is 9.80 Å². The van der Waals surface area contributed by atoms with Crippen LogP contribution < -0.4 is 19.3 Å². The van der Waals surface area contributed by atoms with E-state index in [4.69, 9.17) is 9.47 Å². The molecule has 0 saturated heterocycles. The van der Waals surface area contributed by atoms with Crippen molar-refractivity contribution in [2.24, 2.45) is 0 Å². The summed E-state index contributed by atoms with van der Waals surface area (Å²) in [6, 6.07) is 55.7. The predicted octanol–water partition coefficient (Wildman–Crippen LogP) is 12.8. The van der Waals surface area contributed by atoms with Crippen molar-refractivity contribution in [1.29, 1.82) is 0 Å². The van der Waals surface area contributed by atoms with Crippen molar-refractivity contribution in [3.05, 3.63) is 169 Å². The fourth-order valence-corrected chi connectivity index (χ4v) is 7.82. The van der Waals surface area contributed by atoms with Crippen LogP contribution in [0.15, 0.2) is 158 Å². The van der Waals surface area contributed by atoms with E-state index in [0.29, 0.717) is 0 Å². The minimum absolute atomic E-state index is 0.249. The number of ether oxygens (including phenoxy) is 2. The maximum absolute atomic E-state index is 6.69. The summed E-state index contributed by atoms with van der Waals surface area (Å²) < 4.78 is 13.3. The van der Waals surface area contributed by atoms with Crippen molar-refractivity contribution in [2.45, 2.75) is 19.3 Å². The van der Waals surface area contributed by atoms with Gasteiger partial charge in [-0.3, -0.25) is 4.90 Å². The monoisotopic (exact) mass is 632 g/mol. The molecule has 0 amide bonds. The van der Waals surface area contributed by atoms with Gasteiger partial charge in [0, 0.05) is 22.5 Å². The van der Waals surface area contributed by atoms with Gasteiger partial charge in [-0.25, -0.2) is 0 Å². The number of anilines is 6. The molecule has 0 N–H and O–H groups in total. The van der Waals surface area contributed by atoms with E-state index in [2.05, 4.69) is 157 Å². The Labute approximate surface area is 286 Å². The SMILES string of the molecule is CC1(C)c2cc(N(c3ccccc3)c3ccccc3)ccc2-c2cc3c(cc21)N1c2ccc(-c4ccccc4)cc2Oc2cccc(c21)O3. The molecule has 2 aliphatic heterocycles. The van der Waals surface area contributed by atoms with E-state index in [1.807, 2.05) is 24.3 Å². The van der Waals surface area contributed by atoms with Crippen molar-refractivity contribution >= 4 is 34.1 Å². The van der Waals surface area contributed by atoms with Crippen LogP contribution in [0.4, 0.5) is 34.1 Å². The zero-order valence-electron chi connectivity index (χ0n) is 27.2. The molecule has 0 spiro atoms. The maximum Gasteiger partial charge on any atom is 0.155 e. The lowest BCUT2D eigenvalue weighted by atomic mass is 9.82. The smallest absolute Gasteiger partial charge is 0.155 e. The third kappa shape index (κ3) is 4.17. The molecule has 7 aromatic carbocycles. The van der Waals surface area contributed by atoms with E-state index >= 15 is 0 Å². The van der Waals surface area contributed by atoms with Gasteiger partial charge in [0.25, 0.3) is 0 Å². The topological polar surface area (TPSA) is 24.9 Å². The molecule has 0 aromatic heterocycles. The highest BCUT2D eigenvalue weighted by Gasteiger charge is 2.41. The van der Waals surface area contributed by atoms with Crippen molar-refractivity contribution < 1.29 is 9.47 Å². The molecule has 0 radical (unpaired) electrons. The Morgan fingerprint density at radius 2 is 1.06 bits per heavy atom. The Balaban J connectivity index is 1.11. The summed E-state index contributed by atoms with van der Waals surface area (Å²) in [6.07, 6.45) is 0. The molecule has 10 rings (SSSR count). The number of hydrogen-bond acceptors (Lipinski definition) is 4. The summed E-state index contributed by atoms with van der Waals surface area (Å²) in [5.74, 6) is 3.24. The molecule has 0 unspecified atom stereocenters. The fourth-order valence-electron chi connectivity index (χ4n) is 7.82. The number of nitrogens with zero attached hydrogens (tertiary/aromatic N) is 2. The summed E-state index contributed by atoms with van der Waals surface area (Å²) in [4.78, 5) is 4.66. The van der Waals surface area contributed by atoms with Gasteiger partial charge >= 0.3 is 0 Å². The predicted molar refractivity (Wildman–Crippen MR) is 199 cm³/mol. The Morgan fingerprint density at radius 3 is 1.73 bits per heavy atom. The van der Waals surface area contributed by atoms with Crippen molar-refractivity contribution in [3.8, 4) is 45.3 Å². The van der Waals surface area contributed by atoms with E-state index in [-0.39, 0.29) is 5.41 Å². The Hall–Kier alpha value is -6.26. The number of rotatable bonds is 4. The molecule has 4 heteroatoms. The van der Waals surface area contributed by atoms with E-state index in [0.717, 1.165) is 68.2 Å². The Bertz CT molecular complexity index is 2380. The highest BCUT2D eigenvalue weighted by molar-refractivity contribution is 5.97. The number of hydrogen-bond donors (Lipinski definition) is 0. The molecule has 49 heavy (non-hydrogen) atoms. The van der Waals surface area contributed by atoms with Crippen LogP contribution in [-0.2, 0) is 5.41 Å². The van der Waals surface area contributed by atoms with Gasteiger partial charge in [0.1, 0.15) is 5.69 Å². The van der Waals surface area contributed by atoms with E-state index in [1.54, 1.807) is 0 Å². The minimum Gasteiger partial charge on any atom is -0.453 e. The minimum atomic E-state index is -0.249. The van der Waals surface area contributed by atoms with Gasteiger partial charge in [0.15, 0.2) is 23.0 Å². The standard InChI is InChI=1S/C45H32N2O2/c1-45(2)36-26-33(46(31-15-8-4-9-16-31)32-17-10-5-11-18-32)22-23-34(36)35-27-43-39(28-37(35)45)47-38-24-21-30(29-13-6-3-7-14-29)25-42(38)48-40-19-12-20-41(49-43)44(40)47/h3-28H,1-2H3. The van der Waals surface area contributed by atoms with Gasteiger partial charge in [-0.15, -0.1) is 0 Å². The third-order valence-corrected chi connectivity index (χ3v) is 10.2. The average molecular weight is 633 g/mol. The molecule has 3 aliphatic rings. The molecule has 4 nitrogen and oxygen atoms in total. The van der Waals surface area contributed by atoms with Crippen LogP contribution in [0.25, 0.3) is 22.3 Å². The van der Waals surface area contributed by atoms with E-state index in [1.165, 1.54) is 22.3 Å².